The predicted molar refractivity (Wildman–Crippen MR) is 167 cm³/mol. The van der Waals surface area contributed by atoms with Gasteiger partial charge in [-0.05, 0) is 88.7 Å². The molecule has 0 bridgehead atoms. The molecule has 9 nitrogen and oxygen atoms in total. The Hall–Kier alpha value is -3.00. The lowest BCUT2D eigenvalue weighted by atomic mass is 9.93. The van der Waals surface area contributed by atoms with Crippen LogP contribution >= 0.6 is 0 Å². The Morgan fingerprint density at radius 1 is 1.18 bits per heavy atom. The van der Waals surface area contributed by atoms with E-state index in [4.69, 9.17) is 4.74 Å². The summed E-state index contributed by atoms with van der Waals surface area (Å²) < 4.78 is 75.9. The first kappa shape index (κ1) is 33.4. The van der Waals surface area contributed by atoms with Crippen LogP contribution in [0.4, 0.5) is 13.2 Å². The van der Waals surface area contributed by atoms with Crippen LogP contribution in [0.25, 0.3) is 16.6 Å². The van der Waals surface area contributed by atoms with Crippen LogP contribution in [0.15, 0.2) is 36.7 Å². The van der Waals surface area contributed by atoms with Gasteiger partial charge >= 0.3 is 0 Å². The Balaban J connectivity index is 1.38. The fraction of sp³-hybridized carbons (Fsp3) is 0.562. The second kappa shape index (κ2) is 13.8. The molecule has 0 aliphatic carbocycles. The van der Waals surface area contributed by atoms with Crippen molar-refractivity contribution in [1.82, 2.24) is 23.9 Å². The smallest absolute Gasteiger partial charge is 0.255 e. The van der Waals surface area contributed by atoms with Crippen LogP contribution in [0.3, 0.4) is 0 Å². The summed E-state index contributed by atoms with van der Waals surface area (Å²) in [7, 11) is -3.27. The Morgan fingerprint density at radius 2 is 1.96 bits per heavy atom. The second-order valence-electron chi connectivity index (χ2n) is 12.4. The number of pyridine rings is 1. The van der Waals surface area contributed by atoms with Gasteiger partial charge in [-0.2, -0.15) is 0 Å². The third kappa shape index (κ3) is 7.70. The highest BCUT2D eigenvalue weighted by atomic mass is 32.2. The van der Waals surface area contributed by atoms with Crippen molar-refractivity contribution in [1.29, 1.82) is 0 Å². The standard InChI is InChI=1S/C32H42F3N5O4S/c1-5-45(42,43)37-25-7-8-26(44-19-25)17-38-11-10-22(15-38)23-12-28(30-14-36-21(4)40(30)16-23)27-9-6-24(33)13-29(27)32(41)39(20(2)3)18-31(34)35/h6,9,12-14,16,20,22,25-26,31,37H,5,7-8,10-11,15,17-19H2,1-4H3/t22?,25-,26+/m1/s1. The van der Waals surface area contributed by atoms with Crippen molar-refractivity contribution in [2.24, 2.45) is 0 Å². The minimum atomic E-state index is -3.27. The van der Waals surface area contributed by atoms with Crippen molar-refractivity contribution < 1.29 is 31.1 Å². The number of nitrogens with zero attached hydrogens (tertiary/aromatic N) is 4. The number of hydrogen-bond donors (Lipinski definition) is 1. The zero-order valence-electron chi connectivity index (χ0n) is 26.2. The molecule has 1 N–H and O–H groups in total. The number of aryl methyl sites for hydroxylation is 1. The van der Waals surface area contributed by atoms with Crippen molar-refractivity contribution in [3.8, 4) is 11.1 Å². The molecule has 246 valence electrons. The van der Waals surface area contributed by atoms with Crippen molar-refractivity contribution in [2.75, 3.05) is 38.5 Å². The lowest BCUT2D eigenvalue weighted by Gasteiger charge is -2.31. The van der Waals surface area contributed by atoms with Crippen LogP contribution < -0.4 is 4.72 Å². The quantitative estimate of drug-likeness (QED) is 0.320. The van der Waals surface area contributed by atoms with Gasteiger partial charge in [0.1, 0.15) is 11.6 Å². The van der Waals surface area contributed by atoms with Crippen molar-refractivity contribution >= 4 is 21.4 Å². The third-order valence-corrected chi connectivity index (χ3v) is 10.3. The number of ether oxygens (including phenoxy) is 1. The highest BCUT2D eigenvalue weighted by molar-refractivity contribution is 7.89. The summed E-state index contributed by atoms with van der Waals surface area (Å²) in [5, 5.41) is 0. The second-order valence-corrected chi connectivity index (χ2v) is 14.4. The molecular weight excluding hydrogens is 607 g/mol. The monoisotopic (exact) mass is 649 g/mol. The van der Waals surface area contributed by atoms with E-state index < -0.39 is 40.8 Å². The molecule has 2 aromatic heterocycles. The van der Waals surface area contributed by atoms with E-state index in [1.165, 1.54) is 6.07 Å². The molecule has 1 unspecified atom stereocenters. The number of aromatic nitrogens is 2. The van der Waals surface area contributed by atoms with Gasteiger partial charge in [-0.25, -0.2) is 31.3 Å². The number of nitrogens with one attached hydrogen (secondary N) is 1. The molecule has 2 aliphatic rings. The molecule has 0 radical (unpaired) electrons. The van der Waals surface area contributed by atoms with Crippen molar-refractivity contribution in [3.63, 3.8) is 0 Å². The zero-order valence-corrected chi connectivity index (χ0v) is 27.0. The fourth-order valence-corrected chi connectivity index (χ4v) is 7.24. The lowest BCUT2D eigenvalue weighted by Crippen LogP contribution is -2.45. The number of halogens is 3. The molecule has 3 aromatic rings. The van der Waals surface area contributed by atoms with Crippen molar-refractivity contribution in [2.45, 2.75) is 77.5 Å². The minimum Gasteiger partial charge on any atom is -0.375 e. The van der Waals surface area contributed by atoms with Gasteiger partial charge in [-0.3, -0.25) is 4.79 Å². The van der Waals surface area contributed by atoms with E-state index in [9.17, 15) is 26.4 Å². The average molecular weight is 650 g/mol. The number of alkyl halides is 2. The number of fused-ring (bicyclic) bond motifs is 1. The largest absolute Gasteiger partial charge is 0.375 e. The van der Waals surface area contributed by atoms with Crippen LogP contribution in [-0.4, -0.2) is 96.7 Å². The summed E-state index contributed by atoms with van der Waals surface area (Å²) in [5.74, 6) is -0.298. The first-order chi connectivity index (χ1) is 21.3. The third-order valence-electron chi connectivity index (χ3n) is 8.87. The maximum Gasteiger partial charge on any atom is 0.255 e. The van der Waals surface area contributed by atoms with Gasteiger partial charge in [0, 0.05) is 36.9 Å². The topological polar surface area (TPSA) is 96.2 Å². The summed E-state index contributed by atoms with van der Waals surface area (Å²) >= 11 is 0. The average Bonchev–Trinajstić information content (AvgIpc) is 3.62. The van der Waals surface area contributed by atoms with Gasteiger partial charge in [0.15, 0.2) is 0 Å². The first-order valence-electron chi connectivity index (χ1n) is 15.6. The molecule has 13 heteroatoms. The molecule has 2 aliphatic heterocycles. The predicted octanol–water partition coefficient (Wildman–Crippen LogP) is 4.84. The summed E-state index contributed by atoms with van der Waals surface area (Å²) in [6, 6.07) is 5.26. The Kier molecular flexibility index (Phi) is 10.2. The van der Waals surface area contributed by atoms with E-state index in [2.05, 4.69) is 20.8 Å². The molecule has 0 saturated carbocycles. The molecule has 1 aromatic carbocycles. The number of imidazole rings is 1. The van der Waals surface area contributed by atoms with E-state index in [-0.39, 0.29) is 29.4 Å². The van der Waals surface area contributed by atoms with Gasteiger partial charge in [0.2, 0.25) is 10.0 Å². The normalized spacial score (nSPS) is 21.3. The summed E-state index contributed by atoms with van der Waals surface area (Å²) in [6.45, 7) is 8.83. The number of hydrogen-bond acceptors (Lipinski definition) is 6. The molecule has 3 atom stereocenters. The highest BCUT2D eigenvalue weighted by Gasteiger charge is 2.31. The lowest BCUT2D eigenvalue weighted by molar-refractivity contribution is -0.0141. The molecule has 2 fully saturated rings. The Labute approximate surface area is 262 Å². The van der Waals surface area contributed by atoms with Crippen molar-refractivity contribution in [3.05, 3.63) is 59.4 Å². The number of carbonyl (C=O) groups excluding carboxylic acids is 1. The van der Waals surface area contributed by atoms with Crippen LogP contribution in [0, 0.1) is 12.7 Å². The number of amides is 1. The summed E-state index contributed by atoms with van der Waals surface area (Å²) in [6.07, 6.45) is 3.45. The van der Waals surface area contributed by atoms with E-state index in [0.29, 0.717) is 17.7 Å². The fourth-order valence-electron chi connectivity index (χ4n) is 6.38. The molecule has 4 heterocycles. The van der Waals surface area contributed by atoms with Crippen LogP contribution in [0.5, 0.6) is 0 Å². The van der Waals surface area contributed by atoms with E-state index in [1.54, 1.807) is 33.0 Å². The maximum atomic E-state index is 14.6. The van der Waals surface area contributed by atoms with Crippen LogP contribution in [-0.2, 0) is 14.8 Å². The Morgan fingerprint density at radius 3 is 2.62 bits per heavy atom. The van der Waals surface area contributed by atoms with Gasteiger partial charge in [-0.15, -0.1) is 0 Å². The van der Waals surface area contributed by atoms with Crippen LogP contribution in [0.1, 0.15) is 67.7 Å². The maximum absolute atomic E-state index is 14.6. The molecular formula is C32H42F3N5O4S. The molecule has 5 rings (SSSR count). The SMILES string of the molecule is CCS(=O)(=O)N[C@@H]1CC[C@@H](CN2CCC(c3cc(-c4ccc(F)cc4C(=O)N(CC(F)F)C(C)C)c4cnc(C)n4c3)C2)OC1. The minimum absolute atomic E-state index is 0.0185. The number of rotatable bonds is 11. The van der Waals surface area contributed by atoms with Crippen LogP contribution in [0.2, 0.25) is 0 Å². The Bertz CT molecular complexity index is 1620. The van der Waals surface area contributed by atoms with E-state index >= 15 is 0 Å². The number of likely N-dealkylation sites (tertiary alicyclic amines) is 1. The van der Waals surface area contributed by atoms with Gasteiger partial charge in [-0.1, -0.05) is 6.07 Å². The molecule has 1 amide bonds. The first-order valence-corrected chi connectivity index (χ1v) is 17.2. The summed E-state index contributed by atoms with van der Waals surface area (Å²) in [4.78, 5) is 21.6. The number of benzene rings is 1. The molecule has 45 heavy (non-hydrogen) atoms. The molecule has 0 spiro atoms. The highest BCUT2D eigenvalue weighted by Crippen LogP contribution is 2.36. The van der Waals surface area contributed by atoms with Gasteiger partial charge in [0.05, 0.1) is 42.3 Å². The zero-order chi connectivity index (χ0) is 32.5. The van der Waals surface area contributed by atoms with E-state index in [0.717, 1.165) is 66.8 Å². The summed E-state index contributed by atoms with van der Waals surface area (Å²) in [5.41, 5.74) is 2.96. The number of sulfonamides is 1. The van der Waals surface area contributed by atoms with Gasteiger partial charge in [0.25, 0.3) is 12.3 Å². The van der Waals surface area contributed by atoms with E-state index in [1.807, 2.05) is 17.4 Å². The van der Waals surface area contributed by atoms with Gasteiger partial charge < -0.3 is 18.9 Å². The molecule has 2 saturated heterocycles. The number of carbonyl (C=O) groups is 1.